The van der Waals surface area contributed by atoms with Crippen LogP contribution in [0, 0.1) is 0 Å². The molecule has 1 rings (SSSR count). The topological polar surface area (TPSA) is 83.2 Å². The van der Waals surface area contributed by atoms with Gasteiger partial charge < -0.3 is 16.1 Å². The number of phenols is 1. The molecule has 0 saturated heterocycles. The molecule has 3 nitrogen and oxygen atoms in total. The van der Waals surface area contributed by atoms with Crippen LogP contribution in [0.2, 0.25) is 0 Å². The van der Waals surface area contributed by atoms with Crippen molar-refractivity contribution >= 4 is 13.3 Å². The Hall–Kier alpha value is -0.995. The first-order valence-corrected chi connectivity index (χ1v) is 2.34. The van der Waals surface area contributed by atoms with Crippen LogP contribution in [-0.2, 0) is 0 Å². The molecule has 0 amide bonds. The summed E-state index contributed by atoms with van der Waals surface area (Å²) in [5.74, 6) is 0.146. The minimum Gasteiger partial charge on any atom is -0.509 e. The van der Waals surface area contributed by atoms with Gasteiger partial charge in [-0.1, -0.05) is 23.7 Å². The van der Waals surface area contributed by atoms with Gasteiger partial charge in [0, 0.05) is 0 Å². The normalized spacial score (nSPS) is 7.20. The Kier molecular flexibility index (Phi) is 5.70. The summed E-state index contributed by atoms with van der Waals surface area (Å²) in [5, 5.41) is 8.79. The Morgan fingerprint density at radius 2 is 1.60 bits per heavy atom. The summed E-state index contributed by atoms with van der Waals surface area (Å²) in [7, 11) is 5.27. The van der Waals surface area contributed by atoms with Crippen molar-refractivity contribution in [2.45, 2.75) is 0 Å². The summed E-state index contributed by atoms with van der Waals surface area (Å²) in [6, 6.07) is 6.70. The van der Waals surface area contributed by atoms with E-state index in [4.69, 9.17) is 13.0 Å². The van der Waals surface area contributed by atoms with Crippen molar-refractivity contribution in [3.05, 3.63) is 24.3 Å². The standard InChI is InChI=1S/C6H5BO.2H2O/c7-5-3-1-2-4-6(5)8;;/h1-4,8H;2*1H2. The molecule has 0 fully saturated rings. The molecule has 0 spiro atoms. The van der Waals surface area contributed by atoms with E-state index in [-0.39, 0.29) is 16.7 Å². The largest absolute Gasteiger partial charge is 0.509 e. The summed E-state index contributed by atoms with van der Waals surface area (Å²) in [4.78, 5) is 0. The second-order valence-electron chi connectivity index (χ2n) is 1.56. The minimum absolute atomic E-state index is 0. The predicted molar refractivity (Wildman–Crippen MR) is 40.7 cm³/mol. The summed E-state index contributed by atoms with van der Waals surface area (Å²) in [5.41, 5.74) is 0.424. The van der Waals surface area contributed by atoms with Crippen molar-refractivity contribution in [2.75, 3.05) is 0 Å². The highest BCUT2D eigenvalue weighted by Crippen LogP contribution is 1.98. The molecule has 0 aliphatic rings. The number of rotatable bonds is 0. The van der Waals surface area contributed by atoms with E-state index in [1.165, 1.54) is 0 Å². The number of hydrogen-bond acceptors (Lipinski definition) is 1. The third kappa shape index (κ3) is 2.52. The van der Waals surface area contributed by atoms with Crippen molar-refractivity contribution in [1.29, 1.82) is 0 Å². The minimum atomic E-state index is 0. The van der Waals surface area contributed by atoms with Gasteiger partial charge in [-0.2, -0.15) is 0 Å². The number of aromatic hydroxyl groups is 1. The van der Waals surface area contributed by atoms with Crippen molar-refractivity contribution < 1.29 is 16.1 Å². The summed E-state index contributed by atoms with van der Waals surface area (Å²) < 4.78 is 0. The maximum absolute atomic E-state index is 8.79. The molecule has 0 heterocycles. The van der Waals surface area contributed by atoms with Gasteiger partial charge in [-0.15, -0.1) is 0 Å². The van der Waals surface area contributed by atoms with E-state index in [9.17, 15) is 0 Å². The fraction of sp³-hybridized carbons (Fsp3) is 0. The molecule has 0 saturated carbocycles. The third-order valence-electron chi connectivity index (χ3n) is 0.937. The SMILES string of the molecule is O.O.[B]c1ccccc1O. The maximum atomic E-state index is 8.79. The number of para-hydroxylation sites is 1. The molecule has 2 radical (unpaired) electrons. The first-order chi connectivity index (χ1) is 3.80. The van der Waals surface area contributed by atoms with Crippen LogP contribution in [-0.4, -0.2) is 23.9 Å². The van der Waals surface area contributed by atoms with Crippen LogP contribution in [0.4, 0.5) is 0 Å². The van der Waals surface area contributed by atoms with Crippen LogP contribution in [0.3, 0.4) is 0 Å². The molecule has 4 heteroatoms. The van der Waals surface area contributed by atoms with Gasteiger partial charge in [0.25, 0.3) is 0 Å². The molecule has 1 aromatic carbocycles. The van der Waals surface area contributed by atoms with Gasteiger partial charge in [0.15, 0.2) is 0 Å². The second-order valence-corrected chi connectivity index (χ2v) is 1.56. The molecular formula is C6H9BO3. The fourth-order valence-electron chi connectivity index (χ4n) is 0.488. The smallest absolute Gasteiger partial charge is 0.118 e. The molecule has 5 N–H and O–H groups in total. The van der Waals surface area contributed by atoms with Gasteiger partial charge in [-0.3, -0.25) is 0 Å². The fourth-order valence-corrected chi connectivity index (χ4v) is 0.488. The molecule has 0 aromatic heterocycles. The van der Waals surface area contributed by atoms with E-state index < -0.39 is 0 Å². The van der Waals surface area contributed by atoms with Crippen molar-refractivity contribution in [1.82, 2.24) is 0 Å². The highest BCUT2D eigenvalue weighted by atomic mass is 16.3. The molecule has 54 valence electrons. The highest BCUT2D eigenvalue weighted by molar-refractivity contribution is 6.34. The van der Waals surface area contributed by atoms with Gasteiger partial charge in [0.1, 0.15) is 13.6 Å². The predicted octanol–water partition coefficient (Wildman–Crippen LogP) is -1.46. The lowest BCUT2D eigenvalue weighted by molar-refractivity contribution is 0.479. The summed E-state index contributed by atoms with van der Waals surface area (Å²) in [6.45, 7) is 0. The monoisotopic (exact) mass is 140 g/mol. The van der Waals surface area contributed by atoms with Crippen LogP contribution < -0.4 is 5.46 Å². The highest BCUT2D eigenvalue weighted by Gasteiger charge is 1.86. The second kappa shape index (κ2) is 4.84. The van der Waals surface area contributed by atoms with E-state index in [1.54, 1.807) is 24.3 Å². The zero-order valence-electron chi connectivity index (χ0n) is 5.33. The van der Waals surface area contributed by atoms with Crippen LogP contribution >= 0.6 is 0 Å². The summed E-state index contributed by atoms with van der Waals surface area (Å²) in [6.07, 6.45) is 0. The lowest BCUT2D eigenvalue weighted by Crippen LogP contribution is -1.99. The van der Waals surface area contributed by atoms with E-state index >= 15 is 0 Å². The van der Waals surface area contributed by atoms with Crippen molar-refractivity contribution in [3.8, 4) is 5.75 Å². The number of hydrogen-bond donors (Lipinski definition) is 1. The molecule has 0 aliphatic heterocycles. The van der Waals surface area contributed by atoms with Gasteiger partial charge >= 0.3 is 0 Å². The average molecular weight is 140 g/mol. The molecule has 0 aliphatic carbocycles. The first kappa shape index (κ1) is 11.8. The van der Waals surface area contributed by atoms with Gasteiger partial charge in [0.2, 0.25) is 0 Å². The van der Waals surface area contributed by atoms with E-state index in [0.717, 1.165) is 0 Å². The van der Waals surface area contributed by atoms with Crippen LogP contribution in [0.25, 0.3) is 0 Å². The molecule has 1 aromatic rings. The van der Waals surface area contributed by atoms with Crippen molar-refractivity contribution in [3.63, 3.8) is 0 Å². The van der Waals surface area contributed by atoms with Crippen LogP contribution in [0.1, 0.15) is 0 Å². The number of phenolic OH excluding ortho intramolecular Hbond substituents is 1. The zero-order chi connectivity index (χ0) is 5.98. The van der Waals surface area contributed by atoms with Gasteiger partial charge in [0.05, 0.1) is 0 Å². The average Bonchev–Trinajstić information content (AvgIpc) is 1.77. The Balaban J connectivity index is 0. The molecule has 10 heavy (non-hydrogen) atoms. The lowest BCUT2D eigenvalue weighted by Gasteiger charge is -1.92. The Morgan fingerprint density at radius 1 is 1.10 bits per heavy atom. The van der Waals surface area contributed by atoms with Gasteiger partial charge in [-0.05, 0) is 6.07 Å². The maximum Gasteiger partial charge on any atom is 0.118 e. The molecule has 0 bridgehead atoms. The Morgan fingerprint density at radius 3 is 1.90 bits per heavy atom. The van der Waals surface area contributed by atoms with Crippen LogP contribution in [0.5, 0.6) is 5.75 Å². The summed E-state index contributed by atoms with van der Waals surface area (Å²) >= 11 is 0. The van der Waals surface area contributed by atoms with E-state index in [0.29, 0.717) is 5.46 Å². The first-order valence-electron chi connectivity index (χ1n) is 2.34. The Labute approximate surface area is 60.3 Å². The lowest BCUT2D eigenvalue weighted by atomic mass is 9.96. The van der Waals surface area contributed by atoms with Crippen molar-refractivity contribution in [2.24, 2.45) is 0 Å². The number of benzene rings is 1. The molecule has 0 atom stereocenters. The molecular weight excluding hydrogens is 131 g/mol. The third-order valence-corrected chi connectivity index (χ3v) is 0.937. The molecule has 0 unspecified atom stereocenters. The van der Waals surface area contributed by atoms with Crippen LogP contribution in [0.15, 0.2) is 24.3 Å². The van der Waals surface area contributed by atoms with E-state index in [1.807, 2.05) is 0 Å². The zero-order valence-corrected chi connectivity index (χ0v) is 5.33. The van der Waals surface area contributed by atoms with E-state index in [2.05, 4.69) is 0 Å². The van der Waals surface area contributed by atoms with Gasteiger partial charge in [-0.25, -0.2) is 0 Å². The Bertz CT molecular complexity index is 169. The quantitative estimate of drug-likeness (QED) is 0.438.